The zero-order chi connectivity index (χ0) is 23.7. The minimum atomic E-state index is 0.278. The lowest BCUT2D eigenvalue weighted by Crippen LogP contribution is -2.07. The summed E-state index contributed by atoms with van der Waals surface area (Å²) in [4.78, 5) is 22.9. The first-order chi connectivity index (χ1) is 16.5. The monoisotopic (exact) mass is 474 g/mol. The number of hydrogen-bond acceptors (Lipinski definition) is 8. The average Bonchev–Trinajstić information content (AvgIpc) is 3.18. The first-order valence-corrected chi connectivity index (χ1v) is 11.3. The maximum atomic E-state index is 6.35. The largest absolute Gasteiger partial charge is 0.441 e. The Morgan fingerprint density at radius 2 is 1.94 bits per heavy atom. The van der Waals surface area contributed by atoms with Gasteiger partial charge in [-0.25, -0.2) is 19.9 Å². The molecule has 4 heterocycles. The molecule has 0 aliphatic rings. The highest BCUT2D eigenvalue weighted by Crippen LogP contribution is 2.29. The quantitative estimate of drug-likeness (QED) is 0.302. The standard InChI is InChI=1S/C25H23ClN6O2/c1-14(2)12-33-13-22-31-24(29-16-6-9-21-20(11-16)28-15(3)34-21)17-7-8-19(30-25(17)32-22)23-18(26)5-4-10-27-23/h4-11,14H,12-13H2,1-3H3,(H,29,30,31,32). The van der Waals surface area contributed by atoms with Gasteiger partial charge in [-0.05, 0) is 48.4 Å². The van der Waals surface area contributed by atoms with Crippen LogP contribution in [0.5, 0.6) is 0 Å². The Balaban J connectivity index is 1.56. The smallest absolute Gasteiger partial charge is 0.192 e. The SMILES string of the molecule is Cc1nc2cc(Nc3nc(COCC(C)C)nc4nc(-c5ncccc5Cl)ccc34)ccc2o1. The summed E-state index contributed by atoms with van der Waals surface area (Å²) in [6, 6.07) is 13.1. The van der Waals surface area contributed by atoms with Crippen molar-refractivity contribution in [2.24, 2.45) is 5.92 Å². The van der Waals surface area contributed by atoms with Crippen LogP contribution in [0.1, 0.15) is 25.6 Å². The summed E-state index contributed by atoms with van der Waals surface area (Å²) >= 11 is 6.35. The summed E-state index contributed by atoms with van der Waals surface area (Å²) in [5.74, 6) is 2.19. The Bertz CT molecular complexity index is 1480. The lowest BCUT2D eigenvalue weighted by molar-refractivity contribution is 0.0925. The number of hydrogen-bond donors (Lipinski definition) is 1. The van der Waals surface area contributed by atoms with E-state index in [-0.39, 0.29) is 6.61 Å². The second-order valence-electron chi connectivity index (χ2n) is 8.34. The van der Waals surface area contributed by atoms with Crippen LogP contribution in [0.4, 0.5) is 11.5 Å². The Kier molecular flexibility index (Phi) is 6.08. The fraction of sp³-hybridized carbons (Fsp3) is 0.240. The van der Waals surface area contributed by atoms with Crippen molar-refractivity contribution in [3.05, 3.63) is 65.4 Å². The van der Waals surface area contributed by atoms with Gasteiger partial charge in [0.05, 0.1) is 16.1 Å². The number of nitrogens with zero attached hydrogens (tertiary/aromatic N) is 5. The molecule has 0 aliphatic heterocycles. The predicted octanol–water partition coefficient (Wildman–Crippen LogP) is 6.11. The van der Waals surface area contributed by atoms with E-state index in [4.69, 9.17) is 30.7 Å². The lowest BCUT2D eigenvalue weighted by Gasteiger charge is -2.12. The molecule has 1 aromatic carbocycles. The molecule has 8 nitrogen and oxygen atoms in total. The predicted molar refractivity (Wildman–Crippen MR) is 132 cm³/mol. The number of nitrogens with one attached hydrogen (secondary N) is 1. The third-order valence-electron chi connectivity index (χ3n) is 5.05. The van der Waals surface area contributed by atoms with Crippen LogP contribution < -0.4 is 5.32 Å². The molecule has 0 unspecified atom stereocenters. The number of pyridine rings is 2. The van der Waals surface area contributed by atoms with E-state index in [1.807, 2.05) is 37.3 Å². The Morgan fingerprint density at radius 1 is 1.06 bits per heavy atom. The van der Waals surface area contributed by atoms with Crippen molar-refractivity contribution in [1.82, 2.24) is 24.9 Å². The number of fused-ring (bicyclic) bond motifs is 2. The molecule has 172 valence electrons. The number of oxazole rings is 1. The van der Waals surface area contributed by atoms with Crippen LogP contribution in [-0.4, -0.2) is 31.5 Å². The molecule has 4 aromatic heterocycles. The molecule has 0 bridgehead atoms. The van der Waals surface area contributed by atoms with Gasteiger partial charge in [0.1, 0.15) is 23.6 Å². The van der Waals surface area contributed by atoms with Gasteiger partial charge in [-0.15, -0.1) is 0 Å². The van der Waals surface area contributed by atoms with Gasteiger partial charge in [-0.3, -0.25) is 4.98 Å². The highest BCUT2D eigenvalue weighted by atomic mass is 35.5. The minimum Gasteiger partial charge on any atom is -0.441 e. The summed E-state index contributed by atoms with van der Waals surface area (Å²) in [6.07, 6.45) is 1.69. The highest BCUT2D eigenvalue weighted by molar-refractivity contribution is 6.32. The van der Waals surface area contributed by atoms with Crippen LogP contribution in [0.25, 0.3) is 33.5 Å². The molecule has 0 saturated carbocycles. The van der Waals surface area contributed by atoms with Crippen LogP contribution in [0.2, 0.25) is 5.02 Å². The van der Waals surface area contributed by atoms with Crippen molar-refractivity contribution in [3.8, 4) is 11.4 Å². The van der Waals surface area contributed by atoms with Gasteiger partial charge in [-0.2, -0.15) is 0 Å². The van der Waals surface area contributed by atoms with E-state index in [9.17, 15) is 0 Å². The Labute approximate surface area is 201 Å². The minimum absolute atomic E-state index is 0.278. The van der Waals surface area contributed by atoms with E-state index >= 15 is 0 Å². The highest BCUT2D eigenvalue weighted by Gasteiger charge is 2.14. The van der Waals surface area contributed by atoms with E-state index in [0.717, 1.165) is 22.2 Å². The Morgan fingerprint density at radius 3 is 2.76 bits per heavy atom. The molecule has 0 fully saturated rings. The van der Waals surface area contributed by atoms with Crippen molar-refractivity contribution in [3.63, 3.8) is 0 Å². The summed E-state index contributed by atoms with van der Waals surface area (Å²) in [7, 11) is 0. The van der Waals surface area contributed by atoms with E-state index in [1.165, 1.54) is 0 Å². The molecule has 0 aliphatic carbocycles. The number of halogens is 1. The maximum absolute atomic E-state index is 6.35. The molecular formula is C25H23ClN6O2. The van der Waals surface area contributed by atoms with Gasteiger partial charge in [-0.1, -0.05) is 25.4 Å². The van der Waals surface area contributed by atoms with Gasteiger partial charge in [0, 0.05) is 25.4 Å². The third kappa shape index (κ3) is 4.69. The molecule has 0 saturated heterocycles. The van der Waals surface area contributed by atoms with Gasteiger partial charge < -0.3 is 14.5 Å². The molecule has 5 aromatic rings. The van der Waals surface area contributed by atoms with Crippen LogP contribution >= 0.6 is 11.6 Å². The molecule has 9 heteroatoms. The molecule has 0 spiro atoms. The van der Waals surface area contributed by atoms with Gasteiger partial charge in [0.2, 0.25) is 0 Å². The van der Waals surface area contributed by atoms with Gasteiger partial charge >= 0.3 is 0 Å². The normalized spacial score (nSPS) is 11.6. The summed E-state index contributed by atoms with van der Waals surface area (Å²) < 4.78 is 11.4. The molecular weight excluding hydrogens is 452 g/mol. The van der Waals surface area contributed by atoms with Gasteiger partial charge in [0.15, 0.2) is 22.9 Å². The number of ether oxygens (including phenoxy) is 1. The zero-order valence-electron chi connectivity index (χ0n) is 19.0. The molecule has 1 N–H and O–H groups in total. The summed E-state index contributed by atoms with van der Waals surface area (Å²) in [5.41, 5.74) is 4.09. The topological polar surface area (TPSA) is 98.9 Å². The molecule has 0 radical (unpaired) electrons. The van der Waals surface area contributed by atoms with Crippen molar-refractivity contribution in [2.45, 2.75) is 27.4 Å². The first-order valence-electron chi connectivity index (χ1n) is 11.0. The molecule has 5 rings (SSSR count). The van der Waals surface area contributed by atoms with E-state index < -0.39 is 0 Å². The Hall–Kier alpha value is -3.62. The average molecular weight is 475 g/mol. The number of rotatable bonds is 7. The number of aryl methyl sites for hydroxylation is 1. The second kappa shape index (κ2) is 9.32. The summed E-state index contributed by atoms with van der Waals surface area (Å²) in [5, 5.41) is 4.68. The second-order valence-corrected chi connectivity index (χ2v) is 8.75. The van der Waals surface area contributed by atoms with Gasteiger partial charge in [0.25, 0.3) is 0 Å². The fourth-order valence-electron chi connectivity index (χ4n) is 3.56. The maximum Gasteiger partial charge on any atom is 0.192 e. The molecule has 0 atom stereocenters. The number of benzene rings is 1. The van der Waals surface area contributed by atoms with E-state index in [0.29, 0.717) is 52.1 Å². The number of anilines is 2. The van der Waals surface area contributed by atoms with Crippen molar-refractivity contribution < 1.29 is 9.15 Å². The zero-order valence-corrected chi connectivity index (χ0v) is 19.8. The van der Waals surface area contributed by atoms with Crippen LogP contribution in [0.15, 0.2) is 53.1 Å². The van der Waals surface area contributed by atoms with E-state index in [2.05, 4.69) is 34.1 Å². The van der Waals surface area contributed by atoms with Crippen molar-refractivity contribution in [1.29, 1.82) is 0 Å². The van der Waals surface area contributed by atoms with Crippen LogP contribution in [-0.2, 0) is 11.3 Å². The molecule has 0 amide bonds. The van der Waals surface area contributed by atoms with Crippen molar-refractivity contribution >= 4 is 45.2 Å². The lowest BCUT2D eigenvalue weighted by atomic mass is 10.2. The fourth-order valence-corrected chi connectivity index (χ4v) is 3.78. The third-order valence-corrected chi connectivity index (χ3v) is 5.35. The van der Waals surface area contributed by atoms with Crippen LogP contribution in [0, 0.1) is 12.8 Å². The number of aromatic nitrogens is 5. The van der Waals surface area contributed by atoms with Crippen LogP contribution in [0.3, 0.4) is 0 Å². The van der Waals surface area contributed by atoms with E-state index in [1.54, 1.807) is 18.3 Å². The first kappa shape index (κ1) is 22.2. The molecule has 34 heavy (non-hydrogen) atoms. The summed E-state index contributed by atoms with van der Waals surface area (Å²) in [6.45, 7) is 6.91. The van der Waals surface area contributed by atoms with Crippen molar-refractivity contribution in [2.75, 3.05) is 11.9 Å².